The summed E-state index contributed by atoms with van der Waals surface area (Å²) in [6.45, 7) is 3.97. The lowest BCUT2D eigenvalue weighted by Gasteiger charge is -2.32. The fourth-order valence-corrected chi connectivity index (χ4v) is 5.15. The highest BCUT2D eigenvalue weighted by atomic mass is 32.2. The number of rotatable bonds is 5. The third-order valence-corrected chi connectivity index (χ3v) is 7.03. The van der Waals surface area contributed by atoms with E-state index in [1.807, 2.05) is 6.92 Å². The van der Waals surface area contributed by atoms with Crippen molar-refractivity contribution in [1.82, 2.24) is 9.29 Å². The summed E-state index contributed by atoms with van der Waals surface area (Å²) in [5.41, 5.74) is -0.00180. The van der Waals surface area contributed by atoms with E-state index in [1.54, 1.807) is 55.5 Å². The van der Waals surface area contributed by atoms with Gasteiger partial charge in [-0.05, 0) is 32.0 Å². The van der Waals surface area contributed by atoms with Crippen LogP contribution < -0.4 is 5.32 Å². The molecule has 0 aliphatic carbocycles. The zero-order chi connectivity index (χ0) is 22.2. The van der Waals surface area contributed by atoms with Crippen molar-refractivity contribution in [3.63, 3.8) is 0 Å². The summed E-state index contributed by atoms with van der Waals surface area (Å²) < 4.78 is 33.8. The Hall–Kier alpha value is -3.39. The summed E-state index contributed by atoms with van der Waals surface area (Å²) in [7, 11) is -3.95. The summed E-state index contributed by atoms with van der Waals surface area (Å²) in [6, 6.07) is 13.4. The molecule has 0 radical (unpaired) electrons. The molecule has 0 fully saturated rings. The maximum Gasteiger partial charge on any atom is 0.269 e. The number of nitrogens with one attached hydrogen (secondary N) is 1. The van der Waals surface area contributed by atoms with Gasteiger partial charge in [0.05, 0.1) is 23.1 Å². The Bertz CT molecular complexity index is 1310. The van der Waals surface area contributed by atoms with Gasteiger partial charge in [-0.25, -0.2) is 12.4 Å². The van der Waals surface area contributed by atoms with Crippen LogP contribution in [0.2, 0.25) is 0 Å². The molecule has 31 heavy (non-hydrogen) atoms. The Morgan fingerprint density at radius 2 is 1.87 bits per heavy atom. The minimum absolute atomic E-state index is 0.123. The van der Waals surface area contributed by atoms with Crippen LogP contribution in [0.1, 0.15) is 24.5 Å². The smallest absolute Gasteiger partial charge is 0.269 e. The summed E-state index contributed by atoms with van der Waals surface area (Å²) in [5.74, 6) is -0.779. The SMILES string of the molecule is CCNC(=O)C1(c2cn(S(=O)(=O)c3ccc(C)cc3)c3ccccc23)CC(=O)C=CO1. The van der Waals surface area contributed by atoms with Gasteiger partial charge < -0.3 is 10.1 Å². The Balaban J connectivity index is 1.98. The number of carbonyl (C=O) groups is 2. The van der Waals surface area contributed by atoms with Crippen LogP contribution in [0.5, 0.6) is 0 Å². The van der Waals surface area contributed by atoms with Gasteiger partial charge >= 0.3 is 0 Å². The summed E-state index contributed by atoms with van der Waals surface area (Å²) >= 11 is 0. The topological polar surface area (TPSA) is 94.5 Å². The van der Waals surface area contributed by atoms with Crippen LogP contribution in [0.3, 0.4) is 0 Å². The molecule has 1 aliphatic heterocycles. The van der Waals surface area contributed by atoms with Gasteiger partial charge in [-0.1, -0.05) is 35.9 Å². The van der Waals surface area contributed by atoms with Crippen molar-refractivity contribution in [1.29, 1.82) is 0 Å². The highest BCUT2D eigenvalue weighted by molar-refractivity contribution is 7.90. The second-order valence-electron chi connectivity index (χ2n) is 7.42. The number of aryl methyl sites for hydroxylation is 1. The van der Waals surface area contributed by atoms with E-state index in [4.69, 9.17) is 4.74 Å². The first kappa shape index (κ1) is 20.9. The number of carbonyl (C=O) groups excluding carboxylic acids is 2. The first-order valence-electron chi connectivity index (χ1n) is 9.88. The predicted octanol–water partition coefficient (Wildman–Crippen LogP) is 3.02. The zero-order valence-electron chi connectivity index (χ0n) is 17.2. The van der Waals surface area contributed by atoms with Crippen LogP contribution in [0.25, 0.3) is 10.9 Å². The molecule has 1 aliphatic rings. The molecule has 1 aromatic heterocycles. The van der Waals surface area contributed by atoms with E-state index in [1.165, 1.54) is 18.5 Å². The number of benzene rings is 2. The number of amides is 1. The normalized spacial score (nSPS) is 18.7. The second kappa shape index (κ2) is 7.70. The largest absolute Gasteiger partial charge is 0.480 e. The lowest BCUT2D eigenvalue weighted by atomic mass is 9.86. The van der Waals surface area contributed by atoms with Crippen LogP contribution in [-0.2, 0) is 30.0 Å². The number of fused-ring (bicyclic) bond motifs is 1. The quantitative estimate of drug-likeness (QED) is 0.661. The molecule has 0 bridgehead atoms. The third kappa shape index (κ3) is 3.42. The molecular weight excluding hydrogens is 416 g/mol. The molecule has 7 nitrogen and oxygen atoms in total. The van der Waals surface area contributed by atoms with Crippen LogP contribution in [-0.4, -0.2) is 30.6 Å². The molecule has 1 atom stereocenters. The highest BCUT2D eigenvalue weighted by Crippen LogP contribution is 2.40. The summed E-state index contributed by atoms with van der Waals surface area (Å²) in [6.07, 6.45) is 3.62. The van der Waals surface area contributed by atoms with Crippen molar-refractivity contribution in [2.24, 2.45) is 0 Å². The molecule has 0 saturated carbocycles. The number of ketones is 1. The molecule has 8 heteroatoms. The van der Waals surface area contributed by atoms with Crippen molar-refractivity contribution >= 4 is 32.6 Å². The average molecular weight is 439 g/mol. The number of para-hydroxylation sites is 1. The van der Waals surface area contributed by atoms with Gasteiger partial charge in [-0.3, -0.25) is 9.59 Å². The maximum atomic E-state index is 13.5. The minimum atomic E-state index is -3.95. The Morgan fingerprint density at radius 1 is 1.16 bits per heavy atom. The van der Waals surface area contributed by atoms with Crippen molar-refractivity contribution < 1.29 is 22.7 Å². The molecule has 1 amide bonds. The van der Waals surface area contributed by atoms with Gasteiger partial charge in [-0.2, -0.15) is 0 Å². The minimum Gasteiger partial charge on any atom is -0.480 e. The standard InChI is InChI=1S/C23H22N2O5S/c1-3-24-22(27)23(14-17(26)12-13-30-23)20-15-25(21-7-5-4-6-19(20)21)31(28,29)18-10-8-16(2)9-11-18/h4-13,15H,3,14H2,1-2H3,(H,24,27). The molecule has 160 valence electrons. The maximum absolute atomic E-state index is 13.5. The molecule has 1 unspecified atom stereocenters. The number of allylic oxidation sites excluding steroid dienone is 1. The number of ether oxygens (including phenoxy) is 1. The van der Waals surface area contributed by atoms with Crippen LogP contribution in [0, 0.1) is 6.92 Å². The van der Waals surface area contributed by atoms with Crippen molar-refractivity contribution in [3.8, 4) is 0 Å². The first-order valence-corrected chi connectivity index (χ1v) is 11.3. The van der Waals surface area contributed by atoms with Gasteiger partial charge in [0, 0.05) is 29.8 Å². The van der Waals surface area contributed by atoms with E-state index in [9.17, 15) is 18.0 Å². The Morgan fingerprint density at radius 3 is 2.55 bits per heavy atom. The molecule has 2 heterocycles. The number of aromatic nitrogens is 1. The molecule has 0 spiro atoms. The molecule has 1 N–H and O–H groups in total. The monoisotopic (exact) mass is 438 g/mol. The van der Waals surface area contributed by atoms with E-state index in [-0.39, 0.29) is 17.1 Å². The van der Waals surface area contributed by atoms with Crippen molar-refractivity contribution in [2.75, 3.05) is 6.54 Å². The van der Waals surface area contributed by atoms with Gasteiger partial charge in [0.15, 0.2) is 5.78 Å². The molecule has 0 saturated heterocycles. The fraction of sp³-hybridized carbons (Fsp3) is 0.217. The van der Waals surface area contributed by atoms with Crippen molar-refractivity contribution in [3.05, 3.63) is 78.2 Å². The lowest BCUT2D eigenvalue weighted by Crippen LogP contribution is -2.48. The van der Waals surface area contributed by atoms with Crippen LogP contribution >= 0.6 is 0 Å². The van der Waals surface area contributed by atoms with Crippen LogP contribution in [0.4, 0.5) is 0 Å². The van der Waals surface area contributed by atoms with Gasteiger partial charge in [0.1, 0.15) is 0 Å². The average Bonchev–Trinajstić information content (AvgIpc) is 3.15. The predicted molar refractivity (Wildman–Crippen MR) is 116 cm³/mol. The number of likely N-dealkylation sites (N-methyl/N-ethyl adjacent to an activating group) is 1. The molecule has 2 aromatic carbocycles. The lowest BCUT2D eigenvalue weighted by molar-refractivity contribution is -0.147. The highest BCUT2D eigenvalue weighted by Gasteiger charge is 2.47. The van der Waals surface area contributed by atoms with Crippen LogP contribution in [0.15, 0.2) is 72.0 Å². The summed E-state index contributed by atoms with van der Waals surface area (Å²) in [5, 5.41) is 3.24. The van der Waals surface area contributed by atoms with Gasteiger partial charge in [-0.15, -0.1) is 0 Å². The van der Waals surface area contributed by atoms with E-state index in [0.29, 0.717) is 23.0 Å². The van der Waals surface area contributed by atoms with E-state index < -0.39 is 21.5 Å². The molecule has 3 aromatic rings. The number of nitrogens with zero attached hydrogens (tertiary/aromatic N) is 1. The van der Waals surface area contributed by atoms with Gasteiger partial charge in [0.25, 0.3) is 15.9 Å². The summed E-state index contributed by atoms with van der Waals surface area (Å²) in [4.78, 5) is 25.5. The first-order chi connectivity index (χ1) is 14.8. The van der Waals surface area contributed by atoms with E-state index in [0.717, 1.165) is 9.54 Å². The Labute approximate surface area is 180 Å². The van der Waals surface area contributed by atoms with E-state index in [2.05, 4.69) is 5.32 Å². The van der Waals surface area contributed by atoms with Crippen molar-refractivity contribution in [2.45, 2.75) is 30.8 Å². The Kier molecular flexibility index (Phi) is 5.18. The number of hydrogen-bond acceptors (Lipinski definition) is 5. The van der Waals surface area contributed by atoms with Gasteiger partial charge in [0.2, 0.25) is 5.60 Å². The molecular formula is C23H22N2O5S. The fourth-order valence-electron chi connectivity index (χ4n) is 3.78. The zero-order valence-corrected chi connectivity index (χ0v) is 18.0. The second-order valence-corrected chi connectivity index (χ2v) is 9.24. The number of hydrogen-bond donors (Lipinski definition) is 1. The third-order valence-electron chi connectivity index (χ3n) is 5.34. The molecule has 4 rings (SSSR count). The van der Waals surface area contributed by atoms with E-state index >= 15 is 0 Å².